The molecule has 0 spiro atoms. The van der Waals surface area contributed by atoms with Gasteiger partial charge in [-0.25, -0.2) is 0 Å². The van der Waals surface area contributed by atoms with E-state index in [2.05, 4.69) is 20.8 Å². The maximum atomic E-state index is 11.9. The molecule has 1 saturated heterocycles. The number of rotatable bonds is 70. The second-order valence-corrected chi connectivity index (χ2v) is 27.0. The Kier molecular flexibility index (Phi) is 61.3. The van der Waals surface area contributed by atoms with Gasteiger partial charge in [0.1, 0.15) is 0 Å². The SMILES string of the molecule is CCCCCCCCCCCCCCCCCCCCC(C)C1OC1CCCCCCCCCCCCCCCCCCCCCCCCCCCCC(O)C(CCCCCCCCCCCCCCCCCCCC)C(=O)O. The summed E-state index contributed by atoms with van der Waals surface area (Å²) >= 11 is 0. The molecule has 4 nitrogen and oxygen atoms in total. The highest BCUT2D eigenvalue weighted by Crippen LogP contribution is 2.36. The Hall–Kier alpha value is -0.610. The van der Waals surface area contributed by atoms with Crippen molar-refractivity contribution in [2.75, 3.05) is 0 Å². The van der Waals surface area contributed by atoms with Crippen LogP contribution >= 0.6 is 0 Å². The van der Waals surface area contributed by atoms with Gasteiger partial charge in [0.15, 0.2) is 0 Å². The smallest absolute Gasteiger partial charge is 0.309 e. The summed E-state index contributed by atoms with van der Waals surface area (Å²) in [5.41, 5.74) is 0. The molecule has 0 saturated carbocycles. The Bertz CT molecular complexity index is 1160. The van der Waals surface area contributed by atoms with Crippen molar-refractivity contribution in [3.8, 4) is 0 Å². The second kappa shape index (κ2) is 63.4. The first-order valence-electron chi connectivity index (χ1n) is 37.6. The molecular weight excluding hydrogens is 965 g/mol. The van der Waals surface area contributed by atoms with E-state index in [9.17, 15) is 15.0 Å². The molecule has 1 aliphatic heterocycles. The fourth-order valence-corrected chi connectivity index (χ4v) is 13.3. The van der Waals surface area contributed by atoms with Crippen LogP contribution in [0.1, 0.15) is 445 Å². The molecule has 1 aliphatic rings. The van der Waals surface area contributed by atoms with Gasteiger partial charge >= 0.3 is 5.97 Å². The lowest BCUT2D eigenvalue weighted by molar-refractivity contribution is -0.146. The van der Waals surface area contributed by atoms with Gasteiger partial charge in [-0.1, -0.05) is 419 Å². The van der Waals surface area contributed by atoms with Crippen LogP contribution < -0.4 is 0 Å². The molecule has 1 rings (SSSR count). The highest BCUT2D eigenvalue weighted by atomic mass is 16.6. The van der Waals surface area contributed by atoms with Crippen LogP contribution in [0, 0.1) is 11.8 Å². The van der Waals surface area contributed by atoms with E-state index in [0.29, 0.717) is 25.0 Å². The Labute approximate surface area is 498 Å². The molecule has 5 unspecified atom stereocenters. The predicted molar refractivity (Wildman–Crippen MR) is 351 cm³/mol. The van der Waals surface area contributed by atoms with E-state index in [-0.39, 0.29) is 0 Å². The van der Waals surface area contributed by atoms with E-state index in [4.69, 9.17) is 4.74 Å². The van der Waals surface area contributed by atoms with Crippen molar-refractivity contribution in [2.45, 2.75) is 463 Å². The summed E-state index contributed by atoms with van der Waals surface area (Å²) in [4.78, 5) is 11.9. The minimum atomic E-state index is -0.801. The van der Waals surface area contributed by atoms with Gasteiger partial charge in [0.25, 0.3) is 0 Å². The topological polar surface area (TPSA) is 70.1 Å². The van der Waals surface area contributed by atoms with Crippen molar-refractivity contribution < 1.29 is 19.7 Å². The number of carbonyl (C=O) groups is 1. The third-order valence-electron chi connectivity index (χ3n) is 19.1. The summed E-state index contributed by atoms with van der Waals surface area (Å²) < 4.78 is 6.15. The van der Waals surface area contributed by atoms with Crippen LogP contribution in [-0.2, 0) is 9.53 Å². The van der Waals surface area contributed by atoms with Crippen LogP contribution in [-0.4, -0.2) is 34.5 Å². The molecule has 1 heterocycles. The molecule has 0 aromatic rings. The van der Waals surface area contributed by atoms with Crippen LogP contribution in [0.2, 0.25) is 0 Å². The molecule has 79 heavy (non-hydrogen) atoms. The number of aliphatic carboxylic acids is 1. The highest BCUT2D eigenvalue weighted by molar-refractivity contribution is 5.70. The van der Waals surface area contributed by atoms with Crippen LogP contribution in [0.15, 0.2) is 0 Å². The summed E-state index contributed by atoms with van der Waals surface area (Å²) in [5, 5.41) is 20.5. The predicted octanol–water partition coefficient (Wildman–Crippen LogP) is 26.2. The number of unbranched alkanes of at least 4 members (excludes halogenated alkanes) is 59. The van der Waals surface area contributed by atoms with Crippen molar-refractivity contribution in [3.05, 3.63) is 0 Å². The number of epoxide rings is 1. The monoisotopic (exact) mass is 1110 g/mol. The zero-order valence-electron chi connectivity index (χ0n) is 54.8. The molecule has 0 aliphatic carbocycles. The minimum absolute atomic E-state index is 0.582. The Morgan fingerprint density at radius 2 is 0.506 bits per heavy atom. The Balaban J connectivity index is 1.73. The molecule has 2 N–H and O–H groups in total. The van der Waals surface area contributed by atoms with E-state index in [0.717, 1.165) is 31.6 Å². The van der Waals surface area contributed by atoms with Crippen molar-refractivity contribution in [3.63, 3.8) is 0 Å². The van der Waals surface area contributed by atoms with E-state index in [1.54, 1.807) is 0 Å². The second-order valence-electron chi connectivity index (χ2n) is 27.0. The van der Waals surface area contributed by atoms with Crippen LogP contribution in [0.3, 0.4) is 0 Å². The Morgan fingerprint density at radius 1 is 0.304 bits per heavy atom. The van der Waals surface area contributed by atoms with E-state index in [1.165, 1.54) is 385 Å². The van der Waals surface area contributed by atoms with Gasteiger partial charge in [-0.05, 0) is 31.6 Å². The number of aliphatic hydroxyl groups is 1. The lowest BCUT2D eigenvalue weighted by Gasteiger charge is -2.19. The largest absolute Gasteiger partial charge is 0.481 e. The average molecular weight is 1110 g/mol. The maximum Gasteiger partial charge on any atom is 0.309 e. The number of ether oxygens (including phenoxy) is 1. The third-order valence-corrected chi connectivity index (χ3v) is 19.1. The number of aliphatic hydroxyl groups excluding tert-OH is 1. The van der Waals surface area contributed by atoms with Crippen molar-refractivity contribution in [2.24, 2.45) is 11.8 Å². The van der Waals surface area contributed by atoms with Crippen LogP contribution in [0.4, 0.5) is 0 Å². The summed E-state index contributed by atoms with van der Waals surface area (Å²) in [5.74, 6) is -0.615. The number of carboxylic acid groups (broad SMARTS) is 1. The molecule has 1 fully saturated rings. The van der Waals surface area contributed by atoms with Gasteiger partial charge in [-0.3, -0.25) is 4.79 Å². The molecule has 4 heteroatoms. The summed E-state index contributed by atoms with van der Waals surface area (Å²) in [6.07, 6.45) is 90.8. The number of hydrogen-bond acceptors (Lipinski definition) is 3. The molecule has 0 amide bonds. The Morgan fingerprint density at radius 3 is 0.747 bits per heavy atom. The highest BCUT2D eigenvalue weighted by Gasteiger charge is 2.41. The molecule has 5 atom stereocenters. The normalized spacial score (nSPS) is 15.5. The van der Waals surface area contributed by atoms with Crippen molar-refractivity contribution in [1.82, 2.24) is 0 Å². The van der Waals surface area contributed by atoms with Gasteiger partial charge in [-0.2, -0.15) is 0 Å². The first-order chi connectivity index (χ1) is 39.0. The fraction of sp³-hybridized carbons (Fsp3) is 0.987. The zero-order chi connectivity index (χ0) is 56.8. The van der Waals surface area contributed by atoms with Gasteiger partial charge in [0.2, 0.25) is 0 Å². The molecule has 472 valence electrons. The molecule has 0 radical (unpaired) electrons. The quantitative estimate of drug-likeness (QED) is 0.0470. The maximum absolute atomic E-state index is 11.9. The minimum Gasteiger partial charge on any atom is -0.481 e. The van der Waals surface area contributed by atoms with E-state index >= 15 is 0 Å². The van der Waals surface area contributed by atoms with Crippen molar-refractivity contribution in [1.29, 1.82) is 0 Å². The van der Waals surface area contributed by atoms with Crippen LogP contribution in [0.5, 0.6) is 0 Å². The number of hydrogen-bond donors (Lipinski definition) is 2. The molecule has 0 aromatic heterocycles. The standard InChI is InChI=1S/C75H148O4/c1-4-6-8-10-12-14-16-18-20-22-34-38-42-46-50-54-58-62-66-70(3)74-73(79-74)69-65-61-57-53-49-45-41-37-33-31-29-27-25-24-26-28-30-32-36-40-44-48-52-56-60-64-68-72(76)71(75(77)78)67-63-59-55-51-47-43-39-35-23-21-19-17-15-13-11-9-7-5-2/h70-74,76H,4-69H2,1-3H3,(H,77,78). The third kappa shape index (κ3) is 56.3. The summed E-state index contributed by atoms with van der Waals surface area (Å²) in [7, 11) is 0. The lowest BCUT2D eigenvalue weighted by atomic mass is 9.91. The molecule has 0 bridgehead atoms. The average Bonchev–Trinajstić information content (AvgIpc) is 4.25. The molecular formula is C75H148O4. The summed E-state index contributed by atoms with van der Waals surface area (Å²) in [6.45, 7) is 7.06. The van der Waals surface area contributed by atoms with E-state index < -0.39 is 18.0 Å². The van der Waals surface area contributed by atoms with Gasteiger partial charge < -0.3 is 14.9 Å². The molecule has 0 aromatic carbocycles. The summed E-state index contributed by atoms with van der Waals surface area (Å²) in [6, 6.07) is 0. The van der Waals surface area contributed by atoms with Gasteiger partial charge in [0, 0.05) is 0 Å². The first-order valence-corrected chi connectivity index (χ1v) is 37.6. The van der Waals surface area contributed by atoms with Gasteiger partial charge in [0.05, 0.1) is 24.2 Å². The number of carboxylic acids is 1. The zero-order valence-corrected chi connectivity index (χ0v) is 54.8. The first kappa shape index (κ1) is 76.4. The van der Waals surface area contributed by atoms with Gasteiger partial charge in [-0.15, -0.1) is 0 Å². The lowest BCUT2D eigenvalue weighted by Crippen LogP contribution is -2.28. The van der Waals surface area contributed by atoms with Crippen molar-refractivity contribution >= 4 is 5.97 Å². The fourth-order valence-electron chi connectivity index (χ4n) is 13.3. The van der Waals surface area contributed by atoms with E-state index in [1.807, 2.05) is 0 Å². The van der Waals surface area contributed by atoms with Crippen LogP contribution in [0.25, 0.3) is 0 Å².